The number of aliphatic hydroxyl groups is 2. The average Bonchev–Trinajstić information content (AvgIpc) is 3.55. The molecule has 29 nitrogen and oxygen atoms in total. The van der Waals surface area contributed by atoms with Crippen LogP contribution in [0.25, 0.3) is 0 Å². The highest BCUT2D eigenvalue weighted by molar-refractivity contribution is 5.97. The first-order chi connectivity index (χ1) is 40.4. The van der Waals surface area contributed by atoms with E-state index >= 15 is 0 Å². The molecule has 0 aliphatic heterocycles. The van der Waals surface area contributed by atoms with Crippen molar-refractivity contribution in [3.8, 4) is 11.8 Å². The van der Waals surface area contributed by atoms with Crippen molar-refractivity contribution in [2.24, 2.45) is 35.1 Å². The first-order valence-electron chi connectivity index (χ1n) is 29.1. The first kappa shape index (κ1) is 76.3. The van der Waals surface area contributed by atoms with Crippen LogP contribution in [0.15, 0.2) is 18.2 Å². The van der Waals surface area contributed by atoms with E-state index in [0.29, 0.717) is 12.8 Å². The summed E-state index contributed by atoms with van der Waals surface area (Å²) in [6, 6.07) is -5.80. The molecule has 12 atom stereocenters. The van der Waals surface area contributed by atoms with Crippen molar-refractivity contribution in [1.82, 2.24) is 47.5 Å². The quantitative estimate of drug-likeness (QED) is 0.0279. The van der Waals surface area contributed by atoms with Crippen LogP contribution in [0.4, 0.5) is 0 Å². The van der Waals surface area contributed by atoms with E-state index in [-0.39, 0.29) is 101 Å². The fraction of sp³-hybridized carbons (Fsp3) is 0.702. The van der Waals surface area contributed by atoms with E-state index in [1.807, 2.05) is 27.7 Å². The number of carbonyl (C=O) groups excluding carboxylic acids is 12. The Labute approximate surface area is 503 Å². The van der Waals surface area contributed by atoms with Crippen LogP contribution in [-0.4, -0.2) is 174 Å². The van der Waals surface area contributed by atoms with E-state index in [2.05, 4.69) is 47.5 Å². The Balaban J connectivity index is 2.97. The van der Waals surface area contributed by atoms with Crippen LogP contribution in [0.1, 0.15) is 146 Å². The van der Waals surface area contributed by atoms with Gasteiger partial charge in [-0.3, -0.25) is 47.9 Å². The van der Waals surface area contributed by atoms with Gasteiger partial charge in [-0.05, 0) is 76.0 Å². The summed E-state index contributed by atoms with van der Waals surface area (Å²) < 4.78 is 21.1. The summed E-state index contributed by atoms with van der Waals surface area (Å²) in [5.74, 6) is -10.1. The molecule has 14 N–H and O–H groups in total. The largest absolute Gasteiger partial charge is 0.478 e. The summed E-state index contributed by atoms with van der Waals surface area (Å²) in [7, 11) is 2.32. The van der Waals surface area contributed by atoms with Gasteiger partial charge in [0.2, 0.25) is 70.8 Å². The van der Waals surface area contributed by atoms with Gasteiger partial charge in [0.05, 0.1) is 39.6 Å². The minimum absolute atomic E-state index is 0.0292. The zero-order valence-corrected chi connectivity index (χ0v) is 51.7. The standard InChI is InChI=1S/C57H95N11O18/c1-13-32(7)46(52(77)67-48(34(9)69)54(79)62-38(28-30(3)4)56(81)83-11)65-50(75)36(22-24-40(58)71)60-42(73)18-16-26-85-44-20-15-21-45(64-44)86-27-17-19-43(74)61-37(23-25-41(59)72)51(76)66-47(33(8)14-2)53(78)68-49(35(10)70)55(80)63-39(29-31(5)6)57(82)84-12/h15,20-21,30-39,46-49,69-70H,13-14,16-19,22-29H2,1-12H3,(H2,58,71)(H2,59,72)(H,60,73)(H,61,74)(H,62,79)(H,63,80)(H,65,75)(H,66,76)(H,67,77)(H,68,78)/t32-,33-,34?,35?,36-,37-,38-,39-,46-,47-,48-,49-/m0/s1. The third kappa shape index (κ3) is 28.9. The Morgan fingerprint density at radius 3 is 1.08 bits per heavy atom. The fourth-order valence-electron chi connectivity index (χ4n) is 8.41. The number of rotatable bonds is 42. The molecule has 1 aromatic heterocycles. The third-order valence-electron chi connectivity index (χ3n) is 13.7. The lowest BCUT2D eigenvalue weighted by Crippen LogP contribution is -2.61. The Morgan fingerprint density at radius 1 is 0.465 bits per heavy atom. The van der Waals surface area contributed by atoms with Crippen molar-refractivity contribution < 1.29 is 86.7 Å². The second-order valence-corrected chi connectivity index (χ2v) is 22.1. The van der Waals surface area contributed by atoms with Gasteiger partial charge in [-0.2, -0.15) is 4.98 Å². The maximum atomic E-state index is 13.7. The predicted octanol–water partition coefficient (Wildman–Crippen LogP) is -0.899. The summed E-state index contributed by atoms with van der Waals surface area (Å²) in [5, 5.41) is 41.4. The van der Waals surface area contributed by atoms with Crippen LogP contribution in [0.5, 0.6) is 11.8 Å². The molecule has 1 aromatic rings. The second kappa shape index (κ2) is 39.8. The number of nitrogens with one attached hydrogen (secondary N) is 8. The fourth-order valence-corrected chi connectivity index (χ4v) is 8.41. The van der Waals surface area contributed by atoms with E-state index < -0.39 is 143 Å². The second-order valence-electron chi connectivity index (χ2n) is 22.1. The van der Waals surface area contributed by atoms with Crippen LogP contribution in [-0.2, 0) is 67.0 Å². The molecule has 10 amide bonds. The number of nitrogens with zero attached hydrogens (tertiary/aromatic N) is 1. The minimum atomic E-state index is -1.54. The van der Waals surface area contributed by atoms with Crippen LogP contribution in [0.3, 0.4) is 0 Å². The molecule has 0 aliphatic carbocycles. The maximum Gasteiger partial charge on any atom is 0.328 e. The third-order valence-corrected chi connectivity index (χ3v) is 13.7. The molecule has 0 saturated heterocycles. The molecule has 0 saturated carbocycles. The van der Waals surface area contributed by atoms with Gasteiger partial charge in [0.1, 0.15) is 48.3 Å². The smallest absolute Gasteiger partial charge is 0.328 e. The normalized spacial score (nSPS) is 15.3. The Kier molecular flexibility index (Phi) is 35.4. The van der Waals surface area contributed by atoms with Gasteiger partial charge in [0, 0.05) is 37.8 Å². The molecule has 0 aromatic carbocycles. The molecule has 0 fully saturated rings. The van der Waals surface area contributed by atoms with Gasteiger partial charge in [0.25, 0.3) is 0 Å². The predicted molar refractivity (Wildman–Crippen MR) is 311 cm³/mol. The summed E-state index contributed by atoms with van der Waals surface area (Å²) in [4.78, 5) is 161. The van der Waals surface area contributed by atoms with Gasteiger partial charge >= 0.3 is 11.9 Å². The SMILES string of the molecule is CC[C@H](C)[C@H](NC(=O)[C@H](CCC(N)=O)NC(=O)CCCOc1cccc(OCCCC(=O)N[C@@H](CCC(N)=O)C(=O)N[C@H](C(=O)N[C@H](C(=O)N[C@@H](CC(C)C)C(=O)OC)C(C)O)[C@@H](C)CC)n1)C(=O)N[C@H](C(=O)N[C@@H](CC(C)C)C(=O)OC)C(C)O. The van der Waals surface area contributed by atoms with Crippen molar-refractivity contribution in [1.29, 1.82) is 0 Å². The lowest BCUT2D eigenvalue weighted by atomic mass is 9.96. The van der Waals surface area contributed by atoms with Crippen molar-refractivity contribution in [2.75, 3.05) is 27.4 Å². The molecule has 1 heterocycles. The number of hydrogen-bond donors (Lipinski definition) is 12. The van der Waals surface area contributed by atoms with E-state index in [0.717, 1.165) is 14.2 Å². The molecule has 29 heteroatoms. The molecule has 0 radical (unpaired) electrons. The van der Waals surface area contributed by atoms with Gasteiger partial charge in [0.15, 0.2) is 0 Å². The lowest BCUT2D eigenvalue weighted by Gasteiger charge is -2.29. The Hall–Kier alpha value is -7.69. The number of nitrogens with two attached hydrogens (primary N) is 2. The molecule has 1 rings (SSSR count). The Bertz CT molecular complexity index is 2250. The molecule has 0 aliphatic rings. The van der Waals surface area contributed by atoms with Gasteiger partial charge in [-0.15, -0.1) is 0 Å². The highest BCUT2D eigenvalue weighted by Crippen LogP contribution is 2.17. The molecule has 0 bridgehead atoms. The van der Waals surface area contributed by atoms with Gasteiger partial charge in [-0.1, -0.05) is 74.3 Å². The topological polar surface area (TPSA) is 443 Å². The van der Waals surface area contributed by atoms with Crippen molar-refractivity contribution in [3.05, 3.63) is 18.2 Å². The maximum absolute atomic E-state index is 13.7. The number of aliphatic hydroxyl groups excluding tert-OH is 2. The molecular weight excluding hydrogens is 1130 g/mol. The minimum Gasteiger partial charge on any atom is -0.478 e. The van der Waals surface area contributed by atoms with E-state index in [9.17, 15) is 67.7 Å². The number of hydrogen-bond acceptors (Lipinski definition) is 19. The number of esters is 2. The number of carbonyl (C=O) groups is 12. The number of ether oxygens (including phenoxy) is 4. The van der Waals surface area contributed by atoms with Crippen LogP contribution >= 0.6 is 0 Å². The monoisotopic (exact) mass is 1220 g/mol. The molecule has 86 heavy (non-hydrogen) atoms. The summed E-state index contributed by atoms with van der Waals surface area (Å²) in [6.45, 7) is 16.6. The highest BCUT2D eigenvalue weighted by atomic mass is 16.5. The summed E-state index contributed by atoms with van der Waals surface area (Å²) in [6.07, 6.45) is -2.85. The number of pyridine rings is 1. The van der Waals surface area contributed by atoms with Crippen LogP contribution in [0, 0.1) is 23.7 Å². The highest BCUT2D eigenvalue weighted by Gasteiger charge is 2.38. The van der Waals surface area contributed by atoms with E-state index in [1.54, 1.807) is 33.8 Å². The number of amides is 10. The molecule has 486 valence electrons. The van der Waals surface area contributed by atoms with Gasteiger partial charge < -0.3 is 83.2 Å². The van der Waals surface area contributed by atoms with Gasteiger partial charge in [-0.25, -0.2) is 9.59 Å². The molecule has 0 spiro atoms. The van der Waals surface area contributed by atoms with Crippen molar-refractivity contribution in [3.63, 3.8) is 0 Å². The average molecular weight is 1220 g/mol. The van der Waals surface area contributed by atoms with Crippen molar-refractivity contribution in [2.45, 2.75) is 207 Å². The zero-order valence-electron chi connectivity index (χ0n) is 51.7. The summed E-state index contributed by atoms with van der Waals surface area (Å²) in [5.41, 5.74) is 10.8. The first-order valence-corrected chi connectivity index (χ1v) is 29.1. The number of primary amides is 2. The van der Waals surface area contributed by atoms with Crippen LogP contribution in [0.2, 0.25) is 0 Å². The number of aromatic nitrogens is 1. The van der Waals surface area contributed by atoms with Crippen LogP contribution < -0.4 is 63.5 Å². The zero-order chi connectivity index (χ0) is 65.4. The van der Waals surface area contributed by atoms with E-state index in [4.69, 9.17) is 30.4 Å². The summed E-state index contributed by atoms with van der Waals surface area (Å²) >= 11 is 0. The molecular formula is C57H95N11O18. The molecule has 2 unspecified atom stereocenters. The lowest BCUT2D eigenvalue weighted by molar-refractivity contribution is -0.146. The van der Waals surface area contributed by atoms with E-state index in [1.165, 1.54) is 26.0 Å². The van der Waals surface area contributed by atoms with Crippen molar-refractivity contribution >= 4 is 71.0 Å². The number of methoxy groups -OCH3 is 2. The Morgan fingerprint density at radius 2 is 0.791 bits per heavy atom.